The monoisotopic (exact) mass is 222 g/mol. The van der Waals surface area contributed by atoms with Crippen LogP contribution in [0.15, 0.2) is 39.2 Å². The molecular formula is C9H6N2O3S. The second kappa shape index (κ2) is 4.05. The molecule has 2 aromatic heterocycles. The molecule has 0 atom stereocenters. The molecule has 5 nitrogen and oxygen atoms in total. The van der Waals surface area contributed by atoms with Crippen LogP contribution in [-0.4, -0.2) is 10.9 Å². The summed E-state index contributed by atoms with van der Waals surface area (Å²) in [5, 5.41) is 4.82. The molecule has 6 heteroatoms. The molecule has 0 aliphatic carbocycles. The Morgan fingerprint density at radius 3 is 2.93 bits per heavy atom. The van der Waals surface area contributed by atoms with Crippen LogP contribution in [0.4, 0.5) is 5.13 Å². The van der Waals surface area contributed by atoms with Crippen LogP contribution in [0.3, 0.4) is 0 Å². The number of anilines is 1. The number of thiazole rings is 1. The van der Waals surface area contributed by atoms with E-state index in [1.807, 2.05) is 0 Å². The van der Waals surface area contributed by atoms with Crippen molar-refractivity contribution in [2.45, 2.75) is 0 Å². The first kappa shape index (κ1) is 9.60. The lowest BCUT2D eigenvalue weighted by atomic mass is 10.3. The van der Waals surface area contributed by atoms with Crippen molar-refractivity contribution in [3.8, 4) is 0 Å². The van der Waals surface area contributed by atoms with E-state index in [-0.39, 0.29) is 11.5 Å². The van der Waals surface area contributed by atoms with Gasteiger partial charge in [0.1, 0.15) is 6.26 Å². The summed E-state index contributed by atoms with van der Waals surface area (Å²) >= 11 is 1.31. The molecule has 2 rings (SSSR count). The lowest BCUT2D eigenvalue weighted by Gasteiger charge is -1.99. The zero-order chi connectivity index (χ0) is 10.7. The van der Waals surface area contributed by atoms with Crippen LogP contribution in [-0.2, 0) is 0 Å². The Balaban J connectivity index is 2.15. The highest BCUT2D eigenvalue weighted by molar-refractivity contribution is 7.13. The molecule has 1 N–H and O–H groups in total. The second-order valence-corrected chi connectivity index (χ2v) is 3.53. The molecule has 76 valence electrons. The number of amides is 1. The highest BCUT2D eigenvalue weighted by Crippen LogP contribution is 2.11. The first-order valence-corrected chi connectivity index (χ1v) is 4.93. The van der Waals surface area contributed by atoms with Crippen molar-refractivity contribution in [3.63, 3.8) is 0 Å². The molecule has 2 aromatic rings. The van der Waals surface area contributed by atoms with Crippen LogP contribution < -0.4 is 10.9 Å². The smallest absolute Gasteiger partial charge is 0.335 e. The maximum Gasteiger partial charge on any atom is 0.335 e. The molecule has 2 heterocycles. The lowest BCUT2D eigenvalue weighted by Crippen LogP contribution is -2.12. The second-order valence-electron chi connectivity index (χ2n) is 2.63. The van der Waals surface area contributed by atoms with Crippen molar-refractivity contribution in [1.82, 2.24) is 4.98 Å². The van der Waals surface area contributed by atoms with Gasteiger partial charge in [0.25, 0.3) is 5.91 Å². The van der Waals surface area contributed by atoms with Gasteiger partial charge in [-0.3, -0.25) is 10.1 Å². The number of nitrogens with one attached hydrogen (secondary N) is 1. The van der Waals surface area contributed by atoms with Gasteiger partial charge in [-0.25, -0.2) is 9.78 Å². The van der Waals surface area contributed by atoms with Gasteiger partial charge < -0.3 is 4.42 Å². The molecule has 0 spiro atoms. The predicted molar refractivity (Wildman–Crippen MR) is 55.0 cm³/mol. The molecule has 0 aliphatic rings. The summed E-state index contributed by atoms with van der Waals surface area (Å²) in [5.74, 6) is -0.353. The quantitative estimate of drug-likeness (QED) is 0.832. The fraction of sp³-hybridized carbons (Fsp3) is 0. The molecule has 0 radical (unpaired) electrons. The van der Waals surface area contributed by atoms with Crippen molar-refractivity contribution >= 4 is 22.4 Å². The number of carbonyl (C=O) groups is 1. The summed E-state index contributed by atoms with van der Waals surface area (Å²) in [6.45, 7) is 0. The zero-order valence-corrected chi connectivity index (χ0v) is 8.28. The summed E-state index contributed by atoms with van der Waals surface area (Å²) in [6.07, 6.45) is 2.71. The molecule has 1 amide bonds. The Morgan fingerprint density at radius 1 is 1.47 bits per heavy atom. The number of nitrogens with zero attached hydrogens (tertiary/aromatic N) is 1. The first-order valence-electron chi connectivity index (χ1n) is 4.05. The van der Waals surface area contributed by atoms with Gasteiger partial charge in [-0.1, -0.05) is 0 Å². The minimum Gasteiger partial charge on any atom is -0.430 e. The molecule has 0 aromatic carbocycles. The van der Waals surface area contributed by atoms with Crippen molar-refractivity contribution in [2.24, 2.45) is 0 Å². The average Bonchev–Trinajstić information content (AvgIpc) is 2.71. The zero-order valence-electron chi connectivity index (χ0n) is 7.47. The minimum atomic E-state index is -0.485. The molecule has 0 fully saturated rings. The third-order valence-electron chi connectivity index (χ3n) is 1.62. The van der Waals surface area contributed by atoms with Crippen molar-refractivity contribution in [2.75, 3.05) is 5.32 Å². The maximum absolute atomic E-state index is 11.5. The molecule has 0 unspecified atom stereocenters. The normalized spacial score (nSPS) is 9.87. The summed E-state index contributed by atoms with van der Waals surface area (Å²) in [4.78, 5) is 26.1. The average molecular weight is 222 g/mol. The third-order valence-corrected chi connectivity index (χ3v) is 2.30. The largest absolute Gasteiger partial charge is 0.430 e. The highest BCUT2D eigenvalue weighted by Gasteiger charge is 2.07. The van der Waals surface area contributed by atoms with E-state index in [4.69, 9.17) is 0 Å². The SMILES string of the molecule is O=C(Nc1nccs1)c1ccc(=O)oc1. The van der Waals surface area contributed by atoms with E-state index >= 15 is 0 Å². The van der Waals surface area contributed by atoms with E-state index in [2.05, 4.69) is 14.7 Å². The summed E-state index contributed by atoms with van der Waals surface area (Å²) in [6, 6.07) is 2.59. The van der Waals surface area contributed by atoms with Crippen molar-refractivity contribution < 1.29 is 9.21 Å². The molecule has 0 saturated carbocycles. The molecular weight excluding hydrogens is 216 g/mol. The van der Waals surface area contributed by atoms with E-state index in [0.717, 1.165) is 6.26 Å². The highest BCUT2D eigenvalue weighted by atomic mass is 32.1. The van der Waals surface area contributed by atoms with Crippen LogP contribution in [0.25, 0.3) is 0 Å². The Hall–Kier alpha value is -1.95. The number of aromatic nitrogens is 1. The molecule has 0 saturated heterocycles. The van der Waals surface area contributed by atoms with Gasteiger partial charge in [0, 0.05) is 17.6 Å². The van der Waals surface area contributed by atoms with Crippen LogP contribution >= 0.6 is 11.3 Å². The predicted octanol–water partition coefficient (Wildman–Crippen LogP) is 1.35. The Labute approximate surface area is 88.4 Å². The fourth-order valence-electron chi connectivity index (χ4n) is 0.942. The number of carbonyl (C=O) groups excluding carboxylic acids is 1. The topological polar surface area (TPSA) is 72.2 Å². The summed E-state index contributed by atoms with van der Waals surface area (Å²) in [7, 11) is 0. The number of hydrogen-bond donors (Lipinski definition) is 1. The van der Waals surface area contributed by atoms with Crippen molar-refractivity contribution in [3.05, 3.63) is 46.0 Å². The Kier molecular flexibility index (Phi) is 2.59. The van der Waals surface area contributed by atoms with Gasteiger partial charge in [-0.15, -0.1) is 11.3 Å². The maximum atomic E-state index is 11.5. The van der Waals surface area contributed by atoms with Crippen LogP contribution in [0.1, 0.15) is 10.4 Å². The number of hydrogen-bond acceptors (Lipinski definition) is 5. The lowest BCUT2D eigenvalue weighted by molar-refractivity contribution is 0.102. The standard InChI is InChI=1S/C9H6N2O3S/c12-7-2-1-6(5-14-7)8(13)11-9-10-3-4-15-9/h1-5H,(H,10,11,13). The first-order chi connectivity index (χ1) is 7.25. The van der Waals surface area contributed by atoms with Gasteiger partial charge in [0.15, 0.2) is 5.13 Å². The van der Waals surface area contributed by atoms with Crippen LogP contribution in [0, 0.1) is 0 Å². The van der Waals surface area contributed by atoms with Gasteiger partial charge in [-0.2, -0.15) is 0 Å². The van der Waals surface area contributed by atoms with Crippen LogP contribution in [0.5, 0.6) is 0 Å². The van der Waals surface area contributed by atoms with E-state index < -0.39 is 5.63 Å². The summed E-state index contributed by atoms with van der Waals surface area (Å²) in [5.41, 5.74) is -0.203. The van der Waals surface area contributed by atoms with Gasteiger partial charge in [0.05, 0.1) is 5.56 Å². The van der Waals surface area contributed by atoms with Gasteiger partial charge >= 0.3 is 5.63 Å². The molecule has 0 aliphatic heterocycles. The Bertz CT molecular complexity index is 498. The summed E-state index contributed by atoms with van der Waals surface area (Å²) < 4.78 is 4.57. The fourth-order valence-corrected chi connectivity index (χ4v) is 1.47. The van der Waals surface area contributed by atoms with Gasteiger partial charge in [0.2, 0.25) is 0 Å². The third kappa shape index (κ3) is 2.29. The van der Waals surface area contributed by atoms with E-state index in [1.54, 1.807) is 11.6 Å². The van der Waals surface area contributed by atoms with Crippen molar-refractivity contribution in [1.29, 1.82) is 0 Å². The van der Waals surface area contributed by atoms with E-state index in [0.29, 0.717) is 5.13 Å². The Morgan fingerprint density at radius 2 is 2.33 bits per heavy atom. The van der Waals surface area contributed by atoms with E-state index in [1.165, 1.54) is 23.5 Å². The van der Waals surface area contributed by atoms with Gasteiger partial charge in [-0.05, 0) is 6.07 Å². The molecule has 0 bridgehead atoms. The van der Waals surface area contributed by atoms with Crippen LogP contribution in [0.2, 0.25) is 0 Å². The minimum absolute atomic E-state index is 0.282. The number of rotatable bonds is 2. The van der Waals surface area contributed by atoms with E-state index in [9.17, 15) is 9.59 Å². The molecule has 15 heavy (non-hydrogen) atoms.